The van der Waals surface area contributed by atoms with E-state index in [0.717, 1.165) is 45.5 Å². The minimum atomic E-state index is -0.159. The lowest BCUT2D eigenvalue weighted by Gasteiger charge is -2.46. The van der Waals surface area contributed by atoms with Gasteiger partial charge in [0.05, 0.1) is 0 Å². The number of rotatable bonds is 5. The molecule has 4 aliphatic rings. The molecule has 0 saturated heterocycles. The molecule has 10 aromatic carbocycles. The Morgan fingerprint density at radius 3 is 1.02 bits per heavy atom. The molecule has 0 atom stereocenters. The molecule has 0 fully saturated rings. The number of nitrogens with zero attached hydrogens (tertiary/aromatic N) is 3. The second-order valence-corrected chi connectivity index (χ2v) is 31.8. The van der Waals surface area contributed by atoms with Crippen LogP contribution in [-0.4, -0.2) is 13.4 Å². The van der Waals surface area contributed by atoms with E-state index in [-0.39, 0.29) is 40.5 Å². The van der Waals surface area contributed by atoms with Gasteiger partial charge in [-0.2, -0.15) is 0 Å². The van der Waals surface area contributed by atoms with E-state index in [1.54, 1.807) is 0 Å². The van der Waals surface area contributed by atoms with Crippen molar-refractivity contribution in [1.29, 1.82) is 0 Å². The van der Waals surface area contributed by atoms with Gasteiger partial charge >= 0.3 is 0 Å². The number of hydrogen-bond acceptors (Lipinski definition) is 4. The highest BCUT2D eigenvalue weighted by Gasteiger charge is 2.49. The number of ether oxygens (including phenoxy) is 1. The second-order valence-electron chi connectivity index (χ2n) is 31.8. The lowest BCUT2D eigenvalue weighted by Crippen LogP contribution is -2.64. The molecule has 0 N–H and O–H groups in total. The van der Waals surface area contributed by atoms with Crippen molar-refractivity contribution in [3.63, 3.8) is 0 Å². The van der Waals surface area contributed by atoms with Gasteiger partial charge in [-0.15, -0.1) is 0 Å². The summed E-state index contributed by atoms with van der Waals surface area (Å²) in [6, 6.07) is 71.6. The van der Waals surface area contributed by atoms with Crippen molar-refractivity contribution in [2.45, 2.75) is 159 Å². The van der Waals surface area contributed by atoms with Gasteiger partial charge in [-0.3, -0.25) is 0 Å². The maximum atomic E-state index is 7.83. The molecule has 90 heavy (non-hydrogen) atoms. The van der Waals surface area contributed by atoms with Gasteiger partial charge in [-0.1, -0.05) is 218 Å². The molecule has 4 aliphatic heterocycles. The van der Waals surface area contributed by atoms with E-state index >= 15 is 0 Å². The van der Waals surface area contributed by atoms with Gasteiger partial charge in [-0.25, -0.2) is 0 Å². The summed E-state index contributed by atoms with van der Waals surface area (Å²) in [6.07, 6.45) is 0. The Kier molecular flexibility index (Phi) is 13.5. The summed E-state index contributed by atoms with van der Waals surface area (Å²) >= 11 is 0. The van der Waals surface area contributed by atoms with Gasteiger partial charge in [-0.05, 0) is 222 Å². The largest absolute Gasteiger partial charge is 0.458 e. The van der Waals surface area contributed by atoms with Crippen LogP contribution in [0.15, 0.2) is 182 Å². The Balaban J connectivity index is 1.10. The van der Waals surface area contributed by atoms with Crippen LogP contribution in [-0.2, 0) is 27.1 Å². The summed E-state index contributed by atoms with van der Waals surface area (Å²) in [4.78, 5) is 7.73. The standard InChI is InChI=1S/C84H87B2N3O/c1-50-20-22-52(3)64(40-50)54-42-73-78-74(43-54)89(63-36-28-58(29-37-63)82(11,12)13)72-49-76-69(48-68(72)85(78)66-46-59(83(14,15)16)30-38-70(66)87(73)61-32-24-56(25-33-61)80(5,6)7)86-67-47-60(84(17,18)19)31-39-71(67)88(62-34-26-57(27-35-62)81(8,9)10)75-44-55(45-77(90-76)79(75)86)65-41-51(2)21-23-53(65)4/h20-49H,1-19H3. The number of aryl methyl sites for hydroxylation is 4. The molecule has 6 heteroatoms. The van der Waals surface area contributed by atoms with Gasteiger partial charge in [0, 0.05) is 57.3 Å². The van der Waals surface area contributed by atoms with Crippen molar-refractivity contribution in [2.75, 3.05) is 14.7 Å². The first-order valence-electron chi connectivity index (χ1n) is 32.8. The summed E-state index contributed by atoms with van der Waals surface area (Å²) in [5, 5.41) is 0. The van der Waals surface area contributed by atoms with Crippen LogP contribution in [0.1, 0.15) is 154 Å². The minimum absolute atomic E-state index is 0.00173. The van der Waals surface area contributed by atoms with Crippen LogP contribution in [0.2, 0.25) is 0 Å². The molecule has 0 spiro atoms. The summed E-state index contributed by atoms with van der Waals surface area (Å²) in [7, 11) is 0. The summed E-state index contributed by atoms with van der Waals surface area (Å²) in [6.45, 7) is 43.5. The van der Waals surface area contributed by atoms with Crippen molar-refractivity contribution in [3.05, 3.63) is 232 Å². The Labute approximate surface area is 538 Å². The molecule has 0 bridgehead atoms. The zero-order valence-corrected chi connectivity index (χ0v) is 56.7. The summed E-state index contributed by atoms with van der Waals surface area (Å²) in [5.74, 6) is 1.78. The number of hydrogen-bond donors (Lipinski definition) is 0. The molecule has 450 valence electrons. The van der Waals surface area contributed by atoms with E-state index in [1.807, 2.05) is 0 Å². The number of benzene rings is 10. The molecule has 0 radical (unpaired) electrons. The zero-order valence-electron chi connectivity index (χ0n) is 56.7. The Morgan fingerprint density at radius 2 is 0.622 bits per heavy atom. The third-order valence-electron chi connectivity index (χ3n) is 20.1. The molecule has 14 rings (SSSR count). The van der Waals surface area contributed by atoms with E-state index in [1.165, 1.54) is 122 Å². The maximum absolute atomic E-state index is 7.83. The summed E-state index contributed by atoms with van der Waals surface area (Å²) in [5.41, 5.74) is 34.0. The van der Waals surface area contributed by atoms with Crippen LogP contribution in [0.5, 0.6) is 11.5 Å². The average molecular weight is 1180 g/mol. The highest BCUT2D eigenvalue weighted by Crippen LogP contribution is 2.50. The van der Waals surface area contributed by atoms with Crippen LogP contribution in [0.3, 0.4) is 0 Å². The SMILES string of the molecule is Cc1ccc(C)c(-c2cc3c4c(c2)N(c2ccc(C(C)(C)C)cc2)c2ccc(C(C)(C)C)cc2B4c2cc4c(cc2O3)N(c2ccc(C(C)(C)C)cc2)c2cc(-c3cc(C)ccc3C)cc3c2B4c2cc(C(C)(C)C)ccc2N3c2ccc(C(C)(C)C)cc2)c1. The fourth-order valence-electron chi connectivity index (χ4n) is 14.7. The molecule has 4 heterocycles. The van der Waals surface area contributed by atoms with E-state index in [2.05, 4.69) is 328 Å². The Hall–Kier alpha value is -8.47. The predicted molar refractivity (Wildman–Crippen MR) is 390 cm³/mol. The fourth-order valence-corrected chi connectivity index (χ4v) is 14.7. The maximum Gasteiger partial charge on any atom is 0.256 e. The van der Waals surface area contributed by atoms with Crippen molar-refractivity contribution in [2.24, 2.45) is 0 Å². The van der Waals surface area contributed by atoms with Crippen molar-refractivity contribution in [3.8, 4) is 33.8 Å². The Bertz CT molecular complexity index is 4570. The third-order valence-corrected chi connectivity index (χ3v) is 20.1. The van der Waals surface area contributed by atoms with Crippen molar-refractivity contribution < 1.29 is 4.74 Å². The van der Waals surface area contributed by atoms with Crippen LogP contribution in [0.25, 0.3) is 22.3 Å². The normalized spacial score (nSPS) is 14.1. The minimum Gasteiger partial charge on any atom is -0.458 e. The molecule has 0 unspecified atom stereocenters. The smallest absolute Gasteiger partial charge is 0.256 e. The van der Waals surface area contributed by atoms with Gasteiger partial charge in [0.15, 0.2) is 0 Å². The fraction of sp³-hybridized carbons (Fsp3) is 0.286. The van der Waals surface area contributed by atoms with Crippen LogP contribution in [0, 0.1) is 27.7 Å². The van der Waals surface area contributed by atoms with Gasteiger partial charge < -0.3 is 19.4 Å². The average Bonchev–Trinajstić information content (AvgIpc) is 0.694. The lowest BCUT2D eigenvalue weighted by molar-refractivity contribution is 0.488. The molecule has 4 nitrogen and oxygen atoms in total. The van der Waals surface area contributed by atoms with Crippen LogP contribution < -0.4 is 52.2 Å². The first-order chi connectivity index (χ1) is 42.4. The van der Waals surface area contributed by atoms with Crippen LogP contribution in [0.4, 0.5) is 51.2 Å². The first-order valence-corrected chi connectivity index (χ1v) is 32.8. The lowest BCUT2D eigenvalue weighted by atomic mass is 9.30. The highest BCUT2D eigenvalue weighted by atomic mass is 16.5. The number of fused-ring (bicyclic) bond motifs is 8. The molecular formula is C84H87B2N3O. The van der Waals surface area contributed by atoms with E-state index in [0.29, 0.717) is 0 Å². The molecule has 10 aromatic rings. The van der Waals surface area contributed by atoms with Gasteiger partial charge in [0.1, 0.15) is 11.5 Å². The molecule has 0 amide bonds. The van der Waals surface area contributed by atoms with Gasteiger partial charge in [0.25, 0.3) is 13.4 Å². The topological polar surface area (TPSA) is 19.0 Å². The van der Waals surface area contributed by atoms with Gasteiger partial charge in [0.2, 0.25) is 0 Å². The van der Waals surface area contributed by atoms with Crippen molar-refractivity contribution in [1.82, 2.24) is 0 Å². The summed E-state index contributed by atoms with van der Waals surface area (Å²) < 4.78 is 7.83. The van der Waals surface area contributed by atoms with E-state index in [4.69, 9.17) is 4.74 Å². The Morgan fingerprint density at radius 1 is 0.278 bits per heavy atom. The predicted octanol–water partition coefficient (Wildman–Crippen LogP) is 19.2. The monoisotopic (exact) mass is 1180 g/mol. The molecular weight excluding hydrogens is 1090 g/mol. The van der Waals surface area contributed by atoms with E-state index in [9.17, 15) is 0 Å². The second kappa shape index (κ2) is 20.5. The third kappa shape index (κ3) is 9.82. The quantitative estimate of drug-likeness (QED) is 0.160. The molecule has 0 saturated carbocycles. The molecule has 0 aromatic heterocycles. The highest BCUT2D eigenvalue weighted by molar-refractivity contribution is 7.02. The van der Waals surface area contributed by atoms with E-state index < -0.39 is 0 Å². The number of anilines is 9. The van der Waals surface area contributed by atoms with Crippen LogP contribution >= 0.6 is 0 Å². The van der Waals surface area contributed by atoms with Crippen molar-refractivity contribution >= 4 is 97.4 Å². The molecule has 0 aliphatic carbocycles. The first kappa shape index (κ1) is 59.2. The zero-order chi connectivity index (χ0) is 63.6.